The van der Waals surface area contributed by atoms with Gasteiger partial charge in [0.2, 0.25) is 0 Å². The van der Waals surface area contributed by atoms with Crippen LogP contribution >= 0.6 is 0 Å². The van der Waals surface area contributed by atoms with E-state index in [1.54, 1.807) is 19.1 Å². The molecule has 0 spiro atoms. The number of carbonyl (C=O) groups excluding carboxylic acids is 1. The van der Waals surface area contributed by atoms with Crippen molar-refractivity contribution in [1.29, 1.82) is 0 Å². The van der Waals surface area contributed by atoms with Crippen LogP contribution in [0.5, 0.6) is 11.5 Å². The molecular formula is C23H29NO8. The summed E-state index contributed by atoms with van der Waals surface area (Å²) in [5.41, 5.74) is 1.85. The number of aliphatic hydroxyl groups excluding tert-OH is 3. The average Bonchev–Trinajstić information content (AvgIpc) is 2.81. The number of aliphatic hydroxyl groups is 3. The molecular weight excluding hydrogens is 418 g/mol. The topological polar surface area (TPSA) is 127 Å². The zero-order chi connectivity index (χ0) is 23.3. The van der Waals surface area contributed by atoms with Gasteiger partial charge >= 0.3 is 0 Å². The minimum absolute atomic E-state index is 0.250. The number of benzene rings is 2. The van der Waals surface area contributed by atoms with Crippen molar-refractivity contribution in [1.82, 2.24) is 5.32 Å². The number of aryl methyl sites for hydroxylation is 1. The van der Waals surface area contributed by atoms with Crippen LogP contribution in [0, 0.1) is 6.92 Å². The summed E-state index contributed by atoms with van der Waals surface area (Å²) in [6, 6.07) is 11.9. The highest BCUT2D eigenvalue weighted by molar-refractivity contribution is 5.99. The number of hydrogen-bond acceptors (Lipinski definition) is 8. The van der Waals surface area contributed by atoms with Crippen LogP contribution in [0.1, 0.15) is 21.5 Å². The zero-order valence-electron chi connectivity index (χ0n) is 18.2. The van der Waals surface area contributed by atoms with Crippen molar-refractivity contribution < 1.29 is 39.1 Å². The molecule has 174 valence electrons. The third-order valence-corrected chi connectivity index (χ3v) is 5.38. The van der Waals surface area contributed by atoms with E-state index >= 15 is 0 Å². The maximum atomic E-state index is 13.1. The van der Waals surface area contributed by atoms with Gasteiger partial charge in [-0.25, -0.2) is 0 Å². The molecule has 1 heterocycles. The Morgan fingerprint density at radius 1 is 1.12 bits per heavy atom. The highest BCUT2D eigenvalue weighted by Crippen LogP contribution is 2.30. The van der Waals surface area contributed by atoms with E-state index in [1.807, 2.05) is 30.3 Å². The van der Waals surface area contributed by atoms with Crippen LogP contribution in [-0.4, -0.2) is 72.7 Å². The Labute approximate surface area is 186 Å². The lowest BCUT2D eigenvalue weighted by Crippen LogP contribution is -2.64. The van der Waals surface area contributed by atoms with Crippen molar-refractivity contribution in [2.45, 2.75) is 44.2 Å². The van der Waals surface area contributed by atoms with E-state index < -0.39 is 43.2 Å². The van der Waals surface area contributed by atoms with Crippen LogP contribution in [0.4, 0.5) is 0 Å². The Hall–Kier alpha value is -2.69. The Kier molecular flexibility index (Phi) is 8.05. The van der Waals surface area contributed by atoms with Crippen molar-refractivity contribution >= 4 is 5.91 Å². The third-order valence-electron chi connectivity index (χ3n) is 5.38. The Balaban J connectivity index is 1.78. The lowest BCUT2D eigenvalue weighted by molar-refractivity contribution is -0.261. The zero-order valence-corrected chi connectivity index (χ0v) is 18.2. The van der Waals surface area contributed by atoms with Gasteiger partial charge in [0, 0.05) is 13.2 Å². The molecule has 0 aromatic heterocycles. The van der Waals surface area contributed by atoms with E-state index in [2.05, 4.69) is 5.32 Å². The van der Waals surface area contributed by atoms with Crippen molar-refractivity contribution in [2.75, 3.05) is 20.8 Å². The maximum Gasteiger partial charge on any atom is 0.255 e. The molecule has 1 fully saturated rings. The number of rotatable bonds is 8. The summed E-state index contributed by atoms with van der Waals surface area (Å²) in [6.45, 7) is 1.60. The van der Waals surface area contributed by atoms with Crippen LogP contribution in [0.25, 0.3) is 0 Å². The first-order valence-electron chi connectivity index (χ1n) is 10.2. The average molecular weight is 447 g/mol. The Morgan fingerprint density at radius 2 is 1.84 bits per heavy atom. The smallest absolute Gasteiger partial charge is 0.255 e. The highest BCUT2D eigenvalue weighted by Gasteiger charge is 2.45. The number of amides is 1. The molecule has 1 aliphatic heterocycles. The molecule has 5 atom stereocenters. The highest BCUT2D eigenvalue weighted by atomic mass is 16.7. The monoisotopic (exact) mass is 447 g/mol. The fraction of sp³-hybridized carbons (Fsp3) is 0.435. The lowest BCUT2D eigenvalue weighted by Gasteiger charge is -2.41. The predicted molar refractivity (Wildman–Crippen MR) is 115 cm³/mol. The molecule has 4 N–H and O–H groups in total. The summed E-state index contributed by atoms with van der Waals surface area (Å²) in [4.78, 5) is 13.1. The van der Waals surface area contributed by atoms with Gasteiger partial charge in [-0.1, -0.05) is 30.3 Å². The first kappa shape index (κ1) is 24.0. The minimum Gasteiger partial charge on any atom is -0.496 e. The number of hydrogen-bond donors (Lipinski definition) is 4. The van der Waals surface area contributed by atoms with Crippen LogP contribution in [0.3, 0.4) is 0 Å². The summed E-state index contributed by atoms with van der Waals surface area (Å²) in [5, 5.41) is 32.6. The molecule has 3 rings (SSSR count). The maximum absolute atomic E-state index is 13.1. The second-order valence-corrected chi connectivity index (χ2v) is 7.53. The van der Waals surface area contributed by atoms with Gasteiger partial charge in [0.15, 0.2) is 6.29 Å². The van der Waals surface area contributed by atoms with Crippen molar-refractivity contribution in [2.24, 2.45) is 0 Å². The van der Waals surface area contributed by atoms with Crippen LogP contribution < -0.4 is 14.8 Å². The molecule has 0 bridgehead atoms. The summed E-state index contributed by atoms with van der Waals surface area (Å²) >= 11 is 0. The number of nitrogens with one attached hydrogen (secondary N) is 1. The quantitative estimate of drug-likeness (QED) is 0.467. The molecule has 9 nitrogen and oxygen atoms in total. The summed E-state index contributed by atoms with van der Waals surface area (Å²) in [6.07, 6.45) is -4.89. The second-order valence-electron chi connectivity index (χ2n) is 7.53. The standard InChI is InChI=1S/C23H29NO8/c1-13-9-15(31-12-14-7-5-4-6-8-14)10-16(29-2)18(13)22(28)24-19-21(27)20(26)17(11-25)32-23(19)30-3/h4-10,17,19-21,23,25-27H,11-12H2,1-3H3,(H,24,28)/t17-,19-,20-,21-,23+/m1/s1. The minimum atomic E-state index is -1.41. The van der Waals surface area contributed by atoms with Crippen molar-refractivity contribution in [3.8, 4) is 11.5 Å². The molecule has 9 heteroatoms. The van der Waals surface area contributed by atoms with E-state index in [0.717, 1.165) is 5.56 Å². The van der Waals surface area contributed by atoms with E-state index in [4.69, 9.17) is 18.9 Å². The molecule has 2 aromatic carbocycles. The van der Waals surface area contributed by atoms with Crippen LogP contribution in [-0.2, 0) is 16.1 Å². The first-order chi connectivity index (χ1) is 15.4. The normalized spacial score (nSPS) is 25.2. The van der Waals surface area contributed by atoms with E-state index in [1.165, 1.54) is 14.2 Å². The molecule has 0 radical (unpaired) electrons. The Bertz CT molecular complexity index is 904. The van der Waals surface area contributed by atoms with Gasteiger partial charge in [-0.05, 0) is 24.1 Å². The van der Waals surface area contributed by atoms with Gasteiger partial charge in [0.05, 0.1) is 19.3 Å². The molecule has 32 heavy (non-hydrogen) atoms. The molecule has 0 unspecified atom stereocenters. The van der Waals surface area contributed by atoms with Gasteiger partial charge in [-0.2, -0.15) is 0 Å². The van der Waals surface area contributed by atoms with Gasteiger partial charge in [0.25, 0.3) is 5.91 Å². The molecule has 0 aliphatic carbocycles. The molecule has 2 aromatic rings. The van der Waals surface area contributed by atoms with Gasteiger partial charge in [0.1, 0.15) is 42.5 Å². The first-order valence-corrected chi connectivity index (χ1v) is 10.2. The third kappa shape index (κ3) is 5.20. The second kappa shape index (κ2) is 10.8. The van der Waals surface area contributed by atoms with Gasteiger partial charge in [-0.15, -0.1) is 0 Å². The fourth-order valence-corrected chi connectivity index (χ4v) is 3.66. The molecule has 0 saturated carbocycles. The molecule has 1 amide bonds. The van der Waals surface area contributed by atoms with Gasteiger partial charge < -0.3 is 39.6 Å². The molecule has 1 aliphatic rings. The molecule has 1 saturated heterocycles. The SMILES string of the molecule is COc1cc(OCc2ccccc2)cc(C)c1C(=O)N[C@H]1[C@@H](OC)O[C@H](CO)[C@@H](O)[C@@H]1O. The summed E-state index contributed by atoms with van der Waals surface area (Å²) in [5.74, 6) is 0.287. The number of carbonyl (C=O) groups is 1. The van der Waals surface area contributed by atoms with E-state index in [-0.39, 0.29) is 5.56 Å². The lowest BCUT2D eigenvalue weighted by atomic mass is 9.96. The largest absolute Gasteiger partial charge is 0.496 e. The van der Waals surface area contributed by atoms with E-state index in [9.17, 15) is 20.1 Å². The van der Waals surface area contributed by atoms with Crippen LogP contribution in [0.15, 0.2) is 42.5 Å². The van der Waals surface area contributed by atoms with Gasteiger partial charge in [-0.3, -0.25) is 4.79 Å². The van der Waals surface area contributed by atoms with Crippen molar-refractivity contribution in [3.63, 3.8) is 0 Å². The van der Waals surface area contributed by atoms with Crippen LogP contribution in [0.2, 0.25) is 0 Å². The fourth-order valence-electron chi connectivity index (χ4n) is 3.66. The predicted octanol–water partition coefficient (Wildman–Crippen LogP) is 0.766. The van der Waals surface area contributed by atoms with E-state index in [0.29, 0.717) is 23.7 Å². The Morgan fingerprint density at radius 3 is 2.47 bits per heavy atom. The number of methoxy groups -OCH3 is 2. The van der Waals surface area contributed by atoms with Crippen molar-refractivity contribution in [3.05, 3.63) is 59.2 Å². The number of ether oxygens (including phenoxy) is 4. The summed E-state index contributed by atoms with van der Waals surface area (Å²) in [7, 11) is 2.78. The summed E-state index contributed by atoms with van der Waals surface area (Å²) < 4.78 is 21.9.